The van der Waals surface area contributed by atoms with E-state index >= 15 is 0 Å². The van der Waals surface area contributed by atoms with Crippen molar-refractivity contribution in [2.75, 3.05) is 17.2 Å². The molecule has 0 aromatic heterocycles. The van der Waals surface area contributed by atoms with Crippen LogP contribution in [0.3, 0.4) is 0 Å². The first-order chi connectivity index (χ1) is 12.5. The first kappa shape index (κ1) is 19.2. The molecule has 0 aliphatic rings. The van der Waals surface area contributed by atoms with E-state index in [0.717, 1.165) is 12.8 Å². The Bertz CT molecular complexity index is 802. The van der Waals surface area contributed by atoms with Crippen molar-refractivity contribution in [1.82, 2.24) is 0 Å². The number of ether oxygens (including phenoxy) is 1. The Morgan fingerprint density at radius 1 is 0.923 bits per heavy atom. The van der Waals surface area contributed by atoms with Crippen LogP contribution >= 0.6 is 0 Å². The fourth-order valence-corrected chi connectivity index (χ4v) is 2.26. The van der Waals surface area contributed by atoms with E-state index in [0.29, 0.717) is 29.1 Å². The molecule has 6 heteroatoms. The van der Waals surface area contributed by atoms with Gasteiger partial charge >= 0.3 is 5.97 Å². The maximum Gasteiger partial charge on any atom is 0.338 e. The lowest BCUT2D eigenvalue weighted by atomic mass is 10.1. The van der Waals surface area contributed by atoms with Crippen LogP contribution in [0.2, 0.25) is 0 Å². The molecule has 0 bridgehead atoms. The summed E-state index contributed by atoms with van der Waals surface area (Å²) < 4.78 is 5.17. The van der Waals surface area contributed by atoms with Crippen LogP contribution in [-0.2, 0) is 9.53 Å². The average Bonchev–Trinajstić information content (AvgIpc) is 2.61. The zero-order valence-electron chi connectivity index (χ0n) is 14.9. The van der Waals surface area contributed by atoms with Crippen molar-refractivity contribution in [3.63, 3.8) is 0 Å². The Labute approximate surface area is 152 Å². The Kier molecular flexibility index (Phi) is 6.91. The van der Waals surface area contributed by atoms with Crippen molar-refractivity contribution >= 4 is 29.2 Å². The maximum absolute atomic E-state index is 12.4. The van der Waals surface area contributed by atoms with Gasteiger partial charge in [-0.25, -0.2) is 4.79 Å². The van der Waals surface area contributed by atoms with Crippen molar-refractivity contribution < 1.29 is 19.1 Å². The van der Waals surface area contributed by atoms with Gasteiger partial charge in [0.1, 0.15) is 0 Å². The van der Waals surface area contributed by atoms with E-state index in [1.54, 1.807) is 48.5 Å². The lowest BCUT2D eigenvalue weighted by Crippen LogP contribution is -2.14. The standard InChI is InChI=1S/C20H22N2O4/c1-3-4-11-26-20(25)16-8-6-10-18(13-16)22-19(24)15-7-5-9-17(12-15)21-14(2)23/h5-10,12-13H,3-4,11H2,1-2H3,(H,21,23)(H,22,24). The molecule has 6 nitrogen and oxygen atoms in total. The van der Waals surface area contributed by atoms with Crippen LogP contribution in [0.15, 0.2) is 48.5 Å². The summed E-state index contributed by atoms with van der Waals surface area (Å²) in [7, 11) is 0. The smallest absolute Gasteiger partial charge is 0.338 e. The van der Waals surface area contributed by atoms with E-state index in [4.69, 9.17) is 4.74 Å². The van der Waals surface area contributed by atoms with Crippen molar-refractivity contribution in [2.45, 2.75) is 26.7 Å². The van der Waals surface area contributed by atoms with Gasteiger partial charge in [0.05, 0.1) is 12.2 Å². The monoisotopic (exact) mass is 354 g/mol. The summed E-state index contributed by atoms with van der Waals surface area (Å²) in [5, 5.41) is 5.37. The maximum atomic E-state index is 12.4. The summed E-state index contributed by atoms with van der Waals surface area (Å²) in [5.41, 5.74) is 1.81. The molecule has 26 heavy (non-hydrogen) atoms. The Balaban J connectivity index is 2.06. The topological polar surface area (TPSA) is 84.5 Å². The SMILES string of the molecule is CCCCOC(=O)c1cccc(NC(=O)c2cccc(NC(C)=O)c2)c1. The summed E-state index contributed by atoms with van der Waals surface area (Å²) in [6, 6.07) is 13.2. The van der Waals surface area contributed by atoms with Crippen molar-refractivity contribution in [3.8, 4) is 0 Å². The minimum atomic E-state index is -0.415. The molecule has 0 saturated carbocycles. The largest absolute Gasteiger partial charge is 0.462 e. The minimum Gasteiger partial charge on any atom is -0.462 e. The molecule has 0 saturated heterocycles. The first-order valence-corrected chi connectivity index (χ1v) is 8.46. The van der Waals surface area contributed by atoms with Crippen LogP contribution in [-0.4, -0.2) is 24.4 Å². The molecule has 0 spiro atoms. The van der Waals surface area contributed by atoms with Gasteiger partial charge in [-0.2, -0.15) is 0 Å². The second-order valence-corrected chi connectivity index (χ2v) is 5.79. The molecule has 2 aromatic carbocycles. The minimum absolute atomic E-state index is 0.211. The molecule has 2 amide bonds. The predicted molar refractivity (Wildman–Crippen MR) is 100 cm³/mol. The third-order valence-electron chi connectivity index (χ3n) is 3.53. The van der Waals surface area contributed by atoms with Gasteiger partial charge in [-0.1, -0.05) is 25.5 Å². The summed E-state index contributed by atoms with van der Waals surface area (Å²) in [6.45, 7) is 3.80. The number of amides is 2. The number of rotatable bonds is 7. The molecule has 0 aliphatic carbocycles. The number of anilines is 2. The first-order valence-electron chi connectivity index (χ1n) is 8.46. The fraction of sp³-hybridized carbons (Fsp3) is 0.250. The lowest BCUT2D eigenvalue weighted by molar-refractivity contribution is -0.114. The lowest BCUT2D eigenvalue weighted by Gasteiger charge is -2.09. The number of carbonyl (C=O) groups excluding carboxylic acids is 3. The van der Waals surface area contributed by atoms with Gasteiger partial charge in [0, 0.05) is 23.9 Å². The van der Waals surface area contributed by atoms with Crippen LogP contribution in [0, 0.1) is 0 Å². The van der Waals surface area contributed by atoms with E-state index in [2.05, 4.69) is 10.6 Å². The molecule has 0 fully saturated rings. The number of unbranched alkanes of at least 4 members (excludes halogenated alkanes) is 1. The molecule has 0 atom stereocenters. The third kappa shape index (κ3) is 5.73. The number of esters is 1. The average molecular weight is 354 g/mol. The van der Waals surface area contributed by atoms with Crippen molar-refractivity contribution in [3.05, 3.63) is 59.7 Å². The molecule has 0 heterocycles. The van der Waals surface area contributed by atoms with E-state index in [9.17, 15) is 14.4 Å². The van der Waals surface area contributed by atoms with Crippen LogP contribution in [0.5, 0.6) is 0 Å². The Morgan fingerprint density at radius 2 is 1.54 bits per heavy atom. The summed E-state index contributed by atoms with van der Waals surface area (Å²) in [4.78, 5) is 35.5. The zero-order valence-corrected chi connectivity index (χ0v) is 14.9. The Morgan fingerprint density at radius 3 is 2.19 bits per heavy atom. The molecule has 0 radical (unpaired) electrons. The second kappa shape index (κ2) is 9.36. The highest BCUT2D eigenvalue weighted by Crippen LogP contribution is 2.16. The highest BCUT2D eigenvalue weighted by molar-refractivity contribution is 6.05. The van der Waals surface area contributed by atoms with Gasteiger partial charge in [0.2, 0.25) is 5.91 Å². The van der Waals surface area contributed by atoms with Gasteiger partial charge in [-0.05, 0) is 42.8 Å². The molecule has 2 N–H and O–H groups in total. The number of hydrogen-bond acceptors (Lipinski definition) is 4. The van der Waals surface area contributed by atoms with Gasteiger partial charge in [-0.3, -0.25) is 9.59 Å². The van der Waals surface area contributed by atoms with Gasteiger partial charge in [0.15, 0.2) is 0 Å². The summed E-state index contributed by atoms with van der Waals surface area (Å²) >= 11 is 0. The zero-order chi connectivity index (χ0) is 18.9. The number of hydrogen-bond donors (Lipinski definition) is 2. The van der Waals surface area contributed by atoms with Crippen LogP contribution in [0.1, 0.15) is 47.4 Å². The Hall–Kier alpha value is -3.15. The number of benzene rings is 2. The van der Waals surface area contributed by atoms with E-state index in [-0.39, 0.29) is 11.8 Å². The van der Waals surface area contributed by atoms with Gasteiger partial charge in [-0.15, -0.1) is 0 Å². The number of nitrogens with one attached hydrogen (secondary N) is 2. The van der Waals surface area contributed by atoms with Gasteiger partial charge < -0.3 is 15.4 Å². The van der Waals surface area contributed by atoms with Crippen LogP contribution in [0.25, 0.3) is 0 Å². The number of carbonyl (C=O) groups is 3. The quantitative estimate of drug-likeness (QED) is 0.584. The fourth-order valence-electron chi connectivity index (χ4n) is 2.26. The normalized spacial score (nSPS) is 10.1. The van der Waals surface area contributed by atoms with E-state index in [1.807, 2.05) is 6.92 Å². The summed E-state index contributed by atoms with van der Waals surface area (Å²) in [6.07, 6.45) is 1.76. The molecule has 136 valence electrons. The molecular formula is C20H22N2O4. The highest BCUT2D eigenvalue weighted by Gasteiger charge is 2.11. The molecule has 0 aliphatic heterocycles. The molecular weight excluding hydrogens is 332 g/mol. The van der Waals surface area contributed by atoms with Crippen LogP contribution < -0.4 is 10.6 Å². The molecule has 2 aromatic rings. The molecule has 2 rings (SSSR count). The highest BCUT2D eigenvalue weighted by atomic mass is 16.5. The molecule has 0 unspecified atom stereocenters. The van der Waals surface area contributed by atoms with Gasteiger partial charge in [0.25, 0.3) is 5.91 Å². The van der Waals surface area contributed by atoms with Crippen molar-refractivity contribution in [2.24, 2.45) is 0 Å². The van der Waals surface area contributed by atoms with E-state index < -0.39 is 5.97 Å². The second-order valence-electron chi connectivity index (χ2n) is 5.79. The predicted octanol–water partition coefficient (Wildman–Crippen LogP) is 3.85. The van der Waals surface area contributed by atoms with Crippen molar-refractivity contribution in [1.29, 1.82) is 0 Å². The summed E-state index contributed by atoms with van der Waals surface area (Å²) in [5.74, 6) is -0.965. The van der Waals surface area contributed by atoms with E-state index in [1.165, 1.54) is 6.92 Å². The third-order valence-corrected chi connectivity index (χ3v) is 3.53. The van der Waals surface area contributed by atoms with Crippen LogP contribution in [0.4, 0.5) is 11.4 Å².